The molecule has 10 nitrogen and oxygen atoms in total. The monoisotopic (exact) mass is 568 g/mol. The fourth-order valence-electron chi connectivity index (χ4n) is 4.60. The van der Waals surface area contributed by atoms with Gasteiger partial charge in [-0.15, -0.1) is 0 Å². The number of amides is 1. The number of carbonyl (C=O) groups is 4. The molecule has 0 bridgehead atoms. The molecule has 2 unspecified atom stereocenters. The van der Waals surface area contributed by atoms with Gasteiger partial charge in [0.1, 0.15) is 12.7 Å². The number of rotatable bonds is 9. The van der Waals surface area contributed by atoms with Gasteiger partial charge in [-0.3, -0.25) is 4.79 Å². The van der Waals surface area contributed by atoms with Crippen LogP contribution in [0.2, 0.25) is 0 Å². The molecule has 0 radical (unpaired) electrons. The number of benzene rings is 3. The lowest BCUT2D eigenvalue weighted by atomic mass is 10.1. The molecule has 0 spiro atoms. The van der Waals surface area contributed by atoms with E-state index in [4.69, 9.17) is 24.7 Å². The molecule has 42 heavy (non-hydrogen) atoms. The third-order valence-electron chi connectivity index (χ3n) is 6.71. The van der Waals surface area contributed by atoms with Crippen molar-refractivity contribution in [2.75, 3.05) is 6.61 Å². The van der Waals surface area contributed by atoms with Crippen LogP contribution in [0.15, 0.2) is 115 Å². The van der Waals surface area contributed by atoms with E-state index >= 15 is 0 Å². The molecule has 2 aliphatic rings. The Kier molecular flexibility index (Phi) is 8.74. The Balaban J connectivity index is 1.47. The van der Waals surface area contributed by atoms with Crippen molar-refractivity contribution in [3.05, 3.63) is 132 Å². The molecule has 2 heterocycles. The molecule has 2 aliphatic heterocycles. The van der Waals surface area contributed by atoms with Crippen molar-refractivity contribution >= 4 is 23.8 Å². The normalized spacial score (nSPS) is 21.2. The van der Waals surface area contributed by atoms with Crippen LogP contribution in [0, 0.1) is 0 Å². The SMILES string of the molecule is NC(=O)C1=CN(C2OC(COC(=O)c3ccccc3)[C@@H](OC(=O)c3ccccc3)[C@H]2OC(=O)c2ccccc2)C=CC1. The summed E-state index contributed by atoms with van der Waals surface area (Å²) in [5.41, 5.74) is 6.68. The van der Waals surface area contributed by atoms with Gasteiger partial charge in [-0.1, -0.05) is 60.7 Å². The summed E-state index contributed by atoms with van der Waals surface area (Å²) in [5, 5.41) is 0. The first-order valence-electron chi connectivity index (χ1n) is 13.2. The molecule has 1 amide bonds. The Morgan fingerprint density at radius 2 is 1.24 bits per heavy atom. The quantitative estimate of drug-likeness (QED) is 0.303. The second-order valence-corrected chi connectivity index (χ2v) is 9.56. The Morgan fingerprint density at radius 1 is 0.738 bits per heavy atom. The summed E-state index contributed by atoms with van der Waals surface area (Å²) in [6, 6.07) is 25.0. The fraction of sp³-hybridized carbons (Fsp3) is 0.188. The zero-order valence-electron chi connectivity index (χ0n) is 22.4. The van der Waals surface area contributed by atoms with Crippen LogP contribution in [0.3, 0.4) is 0 Å². The van der Waals surface area contributed by atoms with E-state index in [0.717, 1.165) is 0 Å². The maximum Gasteiger partial charge on any atom is 0.338 e. The van der Waals surface area contributed by atoms with Gasteiger partial charge in [-0.25, -0.2) is 14.4 Å². The number of nitrogens with two attached hydrogens (primary N) is 1. The highest BCUT2D eigenvalue weighted by Gasteiger charge is 2.52. The topological polar surface area (TPSA) is 134 Å². The number of carbonyl (C=O) groups excluding carboxylic acids is 4. The minimum absolute atomic E-state index is 0.267. The largest absolute Gasteiger partial charge is 0.459 e. The summed E-state index contributed by atoms with van der Waals surface area (Å²) in [7, 11) is 0. The van der Waals surface area contributed by atoms with Crippen LogP contribution in [0.25, 0.3) is 0 Å². The van der Waals surface area contributed by atoms with E-state index in [1.807, 2.05) is 0 Å². The molecule has 4 atom stereocenters. The van der Waals surface area contributed by atoms with Crippen molar-refractivity contribution < 1.29 is 38.1 Å². The molecule has 0 aromatic heterocycles. The first kappa shape index (κ1) is 28.3. The highest BCUT2D eigenvalue weighted by molar-refractivity contribution is 5.92. The van der Waals surface area contributed by atoms with Crippen molar-refractivity contribution in [1.29, 1.82) is 0 Å². The van der Waals surface area contributed by atoms with E-state index in [9.17, 15) is 19.2 Å². The number of ether oxygens (including phenoxy) is 4. The van der Waals surface area contributed by atoms with Gasteiger partial charge in [-0.2, -0.15) is 0 Å². The van der Waals surface area contributed by atoms with Crippen LogP contribution in [0.1, 0.15) is 37.5 Å². The van der Waals surface area contributed by atoms with E-state index < -0.39 is 48.4 Å². The predicted octanol–water partition coefficient (Wildman–Crippen LogP) is 3.61. The Labute approximate surface area is 241 Å². The van der Waals surface area contributed by atoms with Crippen LogP contribution in [-0.4, -0.2) is 59.9 Å². The predicted molar refractivity (Wildman–Crippen MR) is 150 cm³/mol. The summed E-state index contributed by atoms with van der Waals surface area (Å²) in [5.74, 6) is -2.60. The van der Waals surface area contributed by atoms with Gasteiger partial charge in [0.15, 0.2) is 18.4 Å². The Morgan fingerprint density at radius 3 is 1.76 bits per heavy atom. The van der Waals surface area contributed by atoms with Crippen LogP contribution >= 0.6 is 0 Å². The smallest absolute Gasteiger partial charge is 0.338 e. The van der Waals surface area contributed by atoms with Gasteiger partial charge in [0.2, 0.25) is 5.91 Å². The Bertz CT molecular complexity index is 1490. The minimum atomic E-state index is -1.20. The molecule has 2 N–H and O–H groups in total. The van der Waals surface area contributed by atoms with Crippen molar-refractivity contribution in [3.63, 3.8) is 0 Å². The third kappa shape index (κ3) is 6.56. The van der Waals surface area contributed by atoms with Gasteiger partial charge in [0, 0.05) is 18.0 Å². The highest BCUT2D eigenvalue weighted by Crippen LogP contribution is 2.33. The lowest BCUT2D eigenvalue weighted by molar-refractivity contribution is -0.115. The van der Waals surface area contributed by atoms with E-state index in [2.05, 4.69) is 0 Å². The van der Waals surface area contributed by atoms with Crippen molar-refractivity contribution in [2.45, 2.75) is 31.0 Å². The lowest BCUT2D eigenvalue weighted by Crippen LogP contribution is -2.45. The average molecular weight is 569 g/mol. The number of hydrogen-bond acceptors (Lipinski definition) is 9. The highest BCUT2D eigenvalue weighted by atomic mass is 16.7. The van der Waals surface area contributed by atoms with Crippen molar-refractivity contribution in [1.82, 2.24) is 4.90 Å². The molecule has 3 aromatic carbocycles. The number of esters is 3. The molecule has 214 valence electrons. The molecule has 0 aliphatic carbocycles. The minimum Gasteiger partial charge on any atom is -0.459 e. The molecule has 1 saturated heterocycles. The molecule has 0 saturated carbocycles. The van der Waals surface area contributed by atoms with Gasteiger partial charge >= 0.3 is 17.9 Å². The average Bonchev–Trinajstić information content (AvgIpc) is 3.37. The molecule has 10 heteroatoms. The van der Waals surface area contributed by atoms with Crippen LogP contribution < -0.4 is 5.73 Å². The van der Waals surface area contributed by atoms with E-state index in [1.165, 1.54) is 11.1 Å². The second-order valence-electron chi connectivity index (χ2n) is 9.56. The Hall–Kier alpha value is -5.22. The van der Waals surface area contributed by atoms with E-state index in [0.29, 0.717) is 17.6 Å². The maximum absolute atomic E-state index is 13.2. The molecular weight excluding hydrogens is 540 g/mol. The van der Waals surface area contributed by atoms with Crippen LogP contribution in [0.5, 0.6) is 0 Å². The van der Waals surface area contributed by atoms with Gasteiger partial charge in [0.05, 0.1) is 16.7 Å². The van der Waals surface area contributed by atoms with E-state index in [1.54, 1.807) is 103 Å². The molecular formula is C32H28N2O8. The number of nitrogens with zero attached hydrogens (tertiary/aromatic N) is 1. The number of hydrogen-bond donors (Lipinski definition) is 1. The zero-order chi connectivity index (χ0) is 29.5. The number of primary amides is 1. The summed E-state index contributed by atoms with van der Waals surface area (Å²) in [4.78, 5) is 52.6. The standard InChI is InChI=1S/C32H28N2O8/c33-28(35)24-17-10-18-34(19-24)29-27(42-32(38)23-15-8-3-9-16-23)26(41-31(37)22-13-6-2-7-14-22)25(40-29)20-39-30(36)21-11-4-1-5-12-21/h1-16,18-19,25-27,29H,17,20H2,(H2,33,35)/t25?,26-,27-,29?/m1/s1. The fourth-order valence-corrected chi connectivity index (χ4v) is 4.60. The van der Waals surface area contributed by atoms with Gasteiger partial charge in [0.25, 0.3) is 0 Å². The maximum atomic E-state index is 13.2. The van der Waals surface area contributed by atoms with E-state index in [-0.39, 0.29) is 17.7 Å². The van der Waals surface area contributed by atoms with Gasteiger partial charge < -0.3 is 29.6 Å². The zero-order valence-corrected chi connectivity index (χ0v) is 22.4. The van der Waals surface area contributed by atoms with Crippen LogP contribution in [-0.2, 0) is 23.7 Å². The van der Waals surface area contributed by atoms with Crippen LogP contribution in [0.4, 0.5) is 0 Å². The van der Waals surface area contributed by atoms with Crippen molar-refractivity contribution in [3.8, 4) is 0 Å². The summed E-state index contributed by atoms with van der Waals surface area (Å²) < 4.78 is 23.6. The first-order valence-corrected chi connectivity index (χ1v) is 13.2. The number of allylic oxidation sites excluding steroid dienone is 1. The summed E-state index contributed by atoms with van der Waals surface area (Å²) >= 11 is 0. The lowest BCUT2D eigenvalue weighted by Gasteiger charge is -2.31. The second kappa shape index (κ2) is 13.0. The molecule has 5 rings (SSSR count). The van der Waals surface area contributed by atoms with Crippen molar-refractivity contribution in [2.24, 2.45) is 5.73 Å². The summed E-state index contributed by atoms with van der Waals surface area (Å²) in [6.45, 7) is -0.319. The molecule has 1 fully saturated rings. The molecule has 3 aromatic rings. The summed E-state index contributed by atoms with van der Waals surface area (Å²) in [6.07, 6.45) is 0.658. The third-order valence-corrected chi connectivity index (χ3v) is 6.71. The van der Waals surface area contributed by atoms with Gasteiger partial charge in [-0.05, 0) is 42.8 Å². The first-order chi connectivity index (χ1) is 20.4.